The lowest BCUT2D eigenvalue weighted by molar-refractivity contribution is -0.122. The van der Waals surface area contributed by atoms with Crippen LogP contribution >= 0.6 is 0 Å². The molecular formula is C19H23N3O2. The van der Waals surface area contributed by atoms with Gasteiger partial charge in [-0.05, 0) is 62.1 Å². The molecule has 1 saturated heterocycles. The minimum absolute atomic E-state index is 0.0343. The predicted molar refractivity (Wildman–Crippen MR) is 95.6 cm³/mol. The van der Waals surface area contributed by atoms with E-state index in [-0.39, 0.29) is 11.8 Å². The summed E-state index contributed by atoms with van der Waals surface area (Å²) in [6.45, 7) is 5.50. The average molecular weight is 325 g/mol. The standard InChI is InChI=1S/C19H23N3O2/c1-13-3-4-16(11-14(13)2)21-18-6-5-17(12-20-18)22-19(23)15-7-9-24-10-8-15/h3-6,11-12,15H,7-10H2,1-2H3,(H,20,21)(H,22,23). The number of nitrogens with one attached hydrogen (secondary N) is 2. The van der Waals surface area contributed by atoms with Gasteiger partial charge >= 0.3 is 0 Å². The molecule has 2 heterocycles. The second-order valence-corrected chi connectivity index (χ2v) is 6.23. The number of aryl methyl sites for hydroxylation is 2. The lowest BCUT2D eigenvalue weighted by atomic mass is 9.99. The van der Waals surface area contributed by atoms with Gasteiger partial charge in [-0.2, -0.15) is 0 Å². The number of amides is 1. The maximum absolute atomic E-state index is 12.2. The number of carbonyl (C=O) groups is 1. The van der Waals surface area contributed by atoms with Crippen LogP contribution in [0, 0.1) is 19.8 Å². The lowest BCUT2D eigenvalue weighted by Crippen LogP contribution is -2.28. The van der Waals surface area contributed by atoms with Crippen LogP contribution in [-0.4, -0.2) is 24.1 Å². The molecule has 0 aliphatic carbocycles. The highest BCUT2D eigenvalue weighted by molar-refractivity contribution is 5.92. The Morgan fingerprint density at radius 2 is 1.83 bits per heavy atom. The molecule has 1 aromatic carbocycles. The van der Waals surface area contributed by atoms with Crippen LogP contribution in [0.4, 0.5) is 17.2 Å². The molecule has 1 fully saturated rings. The third-order valence-electron chi connectivity index (χ3n) is 4.40. The Balaban J connectivity index is 1.60. The number of carbonyl (C=O) groups excluding carboxylic acids is 1. The van der Waals surface area contributed by atoms with Gasteiger partial charge in [0, 0.05) is 24.8 Å². The van der Waals surface area contributed by atoms with E-state index in [9.17, 15) is 4.79 Å². The number of nitrogens with zero attached hydrogens (tertiary/aromatic N) is 1. The fraction of sp³-hybridized carbons (Fsp3) is 0.368. The average Bonchev–Trinajstić information content (AvgIpc) is 2.61. The monoisotopic (exact) mass is 325 g/mol. The molecule has 126 valence electrons. The van der Waals surface area contributed by atoms with Crippen molar-refractivity contribution in [1.82, 2.24) is 4.98 Å². The van der Waals surface area contributed by atoms with Gasteiger partial charge in [-0.25, -0.2) is 4.98 Å². The summed E-state index contributed by atoms with van der Waals surface area (Å²) in [6, 6.07) is 9.95. The summed E-state index contributed by atoms with van der Waals surface area (Å²) >= 11 is 0. The van der Waals surface area contributed by atoms with Crippen molar-refractivity contribution in [3.8, 4) is 0 Å². The van der Waals surface area contributed by atoms with Crippen LogP contribution in [0.5, 0.6) is 0 Å². The summed E-state index contributed by atoms with van der Waals surface area (Å²) < 4.78 is 5.29. The number of benzene rings is 1. The zero-order valence-electron chi connectivity index (χ0n) is 14.1. The summed E-state index contributed by atoms with van der Waals surface area (Å²) in [5.41, 5.74) is 4.22. The van der Waals surface area contributed by atoms with Gasteiger partial charge in [0.25, 0.3) is 0 Å². The highest BCUT2D eigenvalue weighted by Gasteiger charge is 2.21. The second-order valence-electron chi connectivity index (χ2n) is 6.23. The molecule has 3 rings (SSSR count). The second kappa shape index (κ2) is 7.45. The normalized spacial score (nSPS) is 15.1. The SMILES string of the molecule is Cc1ccc(Nc2ccc(NC(=O)C3CCOCC3)cn2)cc1C. The van der Waals surface area contributed by atoms with Gasteiger partial charge in [0.05, 0.1) is 11.9 Å². The minimum Gasteiger partial charge on any atom is -0.381 e. The van der Waals surface area contributed by atoms with Gasteiger partial charge in [-0.15, -0.1) is 0 Å². The third-order valence-corrected chi connectivity index (χ3v) is 4.40. The van der Waals surface area contributed by atoms with Crippen LogP contribution in [0.25, 0.3) is 0 Å². The van der Waals surface area contributed by atoms with Gasteiger partial charge in [0.1, 0.15) is 5.82 Å². The molecule has 0 bridgehead atoms. The molecule has 24 heavy (non-hydrogen) atoms. The van der Waals surface area contributed by atoms with Gasteiger partial charge in [0.15, 0.2) is 0 Å². The van der Waals surface area contributed by atoms with Crippen molar-refractivity contribution in [2.75, 3.05) is 23.8 Å². The molecule has 5 heteroatoms. The first-order chi connectivity index (χ1) is 11.6. The summed E-state index contributed by atoms with van der Waals surface area (Å²) in [6.07, 6.45) is 3.25. The number of rotatable bonds is 4. The summed E-state index contributed by atoms with van der Waals surface area (Å²) in [4.78, 5) is 16.6. The van der Waals surface area contributed by atoms with Crippen LogP contribution in [0.15, 0.2) is 36.5 Å². The smallest absolute Gasteiger partial charge is 0.227 e. The van der Waals surface area contributed by atoms with E-state index in [0.717, 1.165) is 30.0 Å². The van der Waals surface area contributed by atoms with E-state index in [1.165, 1.54) is 11.1 Å². The fourth-order valence-corrected chi connectivity index (χ4v) is 2.71. The van der Waals surface area contributed by atoms with Crippen LogP contribution in [-0.2, 0) is 9.53 Å². The Morgan fingerprint density at radius 1 is 1.08 bits per heavy atom. The highest BCUT2D eigenvalue weighted by atomic mass is 16.5. The lowest BCUT2D eigenvalue weighted by Gasteiger charge is -2.21. The number of aromatic nitrogens is 1. The van der Waals surface area contributed by atoms with E-state index < -0.39 is 0 Å². The zero-order valence-corrected chi connectivity index (χ0v) is 14.1. The molecule has 2 N–H and O–H groups in total. The number of hydrogen-bond acceptors (Lipinski definition) is 4. The van der Waals surface area contributed by atoms with Crippen LogP contribution in [0.1, 0.15) is 24.0 Å². The predicted octanol–water partition coefficient (Wildman–Crippen LogP) is 3.81. The van der Waals surface area contributed by atoms with Crippen LogP contribution < -0.4 is 10.6 Å². The molecule has 0 unspecified atom stereocenters. The molecule has 0 spiro atoms. The Labute approximate surface area is 142 Å². The molecule has 0 radical (unpaired) electrons. The molecule has 0 saturated carbocycles. The number of anilines is 3. The maximum atomic E-state index is 12.2. The van der Waals surface area contributed by atoms with Crippen molar-refractivity contribution >= 4 is 23.1 Å². The molecule has 1 aliphatic rings. The van der Waals surface area contributed by atoms with E-state index in [4.69, 9.17) is 4.74 Å². The van der Waals surface area contributed by atoms with Gasteiger partial charge in [-0.1, -0.05) is 6.07 Å². The first-order valence-corrected chi connectivity index (χ1v) is 8.31. The van der Waals surface area contributed by atoms with Crippen molar-refractivity contribution in [1.29, 1.82) is 0 Å². The van der Waals surface area contributed by atoms with Crippen LogP contribution in [0.2, 0.25) is 0 Å². The van der Waals surface area contributed by atoms with Crippen LogP contribution in [0.3, 0.4) is 0 Å². The molecule has 5 nitrogen and oxygen atoms in total. The number of pyridine rings is 1. The Bertz CT molecular complexity index is 707. The Kier molecular flexibility index (Phi) is 5.11. The fourth-order valence-electron chi connectivity index (χ4n) is 2.71. The van der Waals surface area contributed by atoms with Crippen molar-refractivity contribution in [2.24, 2.45) is 5.92 Å². The van der Waals surface area contributed by atoms with Gasteiger partial charge in [-0.3, -0.25) is 4.79 Å². The summed E-state index contributed by atoms with van der Waals surface area (Å²) in [5.74, 6) is 0.837. The number of hydrogen-bond donors (Lipinski definition) is 2. The van der Waals surface area contributed by atoms with Gasteiger partial charge < -0.3 is 15.4 Å². The maximum Gasteiger partial charge on any atom is 0.227 e. The van der Waals surface area contributed by atoms with E-state index in [1.807, 2.05) is 18.2 Å². The van der Waals surface area contributed by atoms with Crippen molar-refractivity contribution < 1.29 is 9.53 Å². The number of ether oxygens (including phenoxy) is 1. The molecular weight excluding hydrogens is 302 g/mol. The quantitative estimate of drug-likeness (QED) is 0.897. The van der Waals surface area contributed by atoms with E-state index in [1.54, 1.807) is 6.20 Å². The first kappa shape index (κ1) is 16.5. The van der Waals surface area contributed by atoms with Crippen molar-refractivity contribution in [2.45, 2.75) is 26.7 Å². The Morgan fingerprint density at radius 3 is 2.50 bits per heavy atom. The molecule has 2 aromatic rings. The molecule has 1 amide bonds. The van der Waals surface area contributed by atoms with E-state index in [2.05, 4.69) is 41.6 Å². The summed E-state index contributed by atoms with van der Waals surface area (Å²) in [7, 11) is 0. The molecule has 1 aromatic heterocycles. The largest absolute Gasteiger partial charge is 0.381 e. The zero-order chi connectivity index (χ0) is 16.9. The minimum atomic E-state index is 0.0343. The van der Waals surface area contributed by atoms with Crippen molar-refractivity contribution in [3.63, 3.8) is 0 Å². The highest BCUT2D eigenvalue weighted by Crippen LogP contribution is 2.20. The van der Waals surface area contributed by atoms with E-state index in [0.29, 0.717) is 13.2 Å². The summed E-state index contributed by atoms with van der Waals surface area (Å²) in [5, 5.41) is 6.21. The Hall–Kier alpha value is -2.40. The van der Waals surface area contributed by atoms with Crippen molar-refractivity contribution in [3.05, 3.63) is 47.7 Å². The van der Waals surface area contributed by atoms with E-state index >= 15 is 0 Å². The molecule has 1 aliphatic heterocycles. The van der Waals surface area contributed by atoms with Gasteiger partial charge in [0.2, 0.25) is 5.91 Å². The first-order valence-electron chi connectivity index (χ1n) is 8.31. The topological polar surface area (TPSA) is 63.2 Å². The molecule has 0 atom stereocenters. The third kappa shape index (κ3) is 4.11.